The highest BCUT2D eigenvalue weighted by atomic mass is 16.5. The zero-order chi connectivity index (χ0) is 11.4. The molecule has 0 amide bonds. The lowest BCUT2D eigenvalue weighted by atomic mass is 10.3. The maximum absolute atomic E-state index is 5.37. The minimum absolute atomic E-state index is 0.882. The van der Waals surface area contributed by atoms with Gasteiger partial charge in [-0.25, -0.2) is 0 Å². The van der Waals surface area contributed by atoms with E-state index in [-0.39, 0.29) is 0 Å². The van der Waals surface area contributed by atoms with E-state index in [1.54, 1.807) is 7.11 Å². The highest BCUT2D eigenvalue weighted by molar-refractivity contribution is 5.79. The Bertz CT molecular complexity index is 748. The molecule has 0 fully saturated rings. The number of methoxy groups -OCH3 is 1. The first-order valence-corrected chi connectivity index (χ1v) is 5.54. The fourth-order valence-corrected chi connectivity index (χ4v) is 2.29. The van der Waals surface area contributed by atoms with Crippen LogP contribution in [0.15, 0.2) is 48.5 Å². The third-order valence-electron chi connectivity index (χ3n) is 3.12. The molecule has 0 aliphatic carbocycles. The summed E-state index contributed by atoms with van der Waals surface area (Å²) in [6, 6.07) is 16.3. The topological polar surface area (TPSA) is 23.0 Å². The van der Waals surface area contributed by atoms with Gasteiger partial charge in [-0.2, -0.15) is 0 Å². The van der Waals surface area contributed by atoms with Gasteiger partial charge in [-0.15, -0.1) is 14.1 Å². The number of aromatic nitrogens is 3. The Morgan fingerprint density at radius 2 is 1.41 bits per heavy atom. The van der Waals surface area contributed by atoms with Crippen LogP contribution in [0, 0.1) is 0 Å². The van der Waals surface area contributed by atoms with Crippen molar-refractivity contribution in [3.05, 3.63) is 48.5 Å². The molecule has 4 nitrogen and oxygen atoms in total. The normalized spacial score (nSPS) is 11.8. The Balaban J connectivity index is 1.97. The zero-order valence-electron chi connectivity index (χ0n) is 9.37. The van der Waals surface area contributed by atoms with Crippen LogP contribution in [0.4, 0.5) is 0 Å². The first kappa shape index (κ1) is 8.75. The van der Waals surface area contributed by atoms with Gasteiger partial charge in [-0.1, -0.05) is 24.3 Å². The van der Waals surface area contributed by atoms with E-state index >= 15 is 0 Å². The van der Waals surface area contributed by atoms with Gasteiger partial charge in [0.15, 0.2) is 0 Å². The van der Waals surface area contributed by atoms with E-state index in [9.17, 15) is 0 Å². The molecule has 0 bridgehead atoms. The van der Waals surface area contributed by atoms with Crippen molar-refractivity contribution in [2.45, 2.75) is 0 Å². The van der Waals surface area contributed by atoms with Crippen molar-refractivity contribution in [1.29, 1.82) is 0 Å². The van der Waals surface area contributed by atoms with Crippen LogP contribution in [0.3, 0.4) is 0 Å². The Morgan fingerprint density at radius 3 is 2.06 bits per heavy atom. The molecule has 4 heteroatoms. The van der Waals surface area contributed by atoms with Crippen LogP contribution in [-0.2, 0) is 0 Å². The first-order chi connectivity index (χ1) is 8.42. The van der Waals surface area contributed by atoms with Crippen molar-refractivity contribution in [1.82, 2.24) is 14.1 Å². The number of benzene rings is 2. The van der Waals surface area contributed by atoms with E-state index < -0.39 is 0 Å². The molecule has 2 heterocycles. The van der Waals surface area contributed by atoms with E-state index in [0.29, 0.717) is 0 Å². The molecule has 2 aromatic carbocycles. The molecule has 0 atom stereocenters. The van der Waals surface area contributed by atoms with Crippen molar-refractivity contribution >= 4 is 11.0 Å². The summed E-state index contributed by atoms with van der Waals surface area (Å²) in [7, 11) is 1.70. The van der Waals surface area contributed by atoms with E-state index in [4.69, 9.17) is 4.74 Å². The number of para-hydroxylation sites is 4. The lowest BCUT2D eigenvalue weighted by molar-refractivity contribution is 0.412. The lowest BCUT2D eigenvalue weighted by Gasteiger charge is -2.01. The lowest BCUT2D eigenvalue weighted by Crippen LogP contribution is -1.91. The van der Waals surface area contributed by atoms with Gasteiger partial charge in [-0.05, 0) is 24.3 Å². The SMILES string of the molecule is COc1ccccc1-n1n2c3ccccc3n12. The minimum atomic E-state index is 0.882. The quantitative estimate of drug-likeness (QED) is 0.514. The smallest absolute Gasteiger partial charge is 0.146 e. The Morgan fingerprint density at radius 1 is 0.824 bits per heavy atom. The summed E-state index contributed by atoms with van der Waals surface area (Å²) in [4.78, 5) is 2.10. The molecular weight excluding hydrogens is 214 g/mol. The van der Waals surface area contributed by atoms with Gasteiger partial charge in [0, 0.05) is 0 Å². The molecule has 0 saturated carbocycles. The summed E-state index contributed by atoms with van der Waals surface area (Å²) >= 11 is 0. The van der Waals surface area contributed by atoms with E-state index in [0.717, 1.165) is 11.4 Å². The van der Waals surface area contributed by atoms with Crippen LogP contribution in [-0.4, -0.2) is 21.2 Å². The molecule has 17 heavy (non-hydrogen) atoms. The second-order valence-electron chi connectivity index (χ2n) is 4.03. The van der Waals surface area contributed by atoms with Crippen LogP contribution in [0.2, 0.25) is 0 Å². The van der Waals surface area contributed by atoms with Gasteiger partial charge in [0.25, 0.3) is 0 Å². The molecule has 4 aromatic rings. The molecule has 84 valence electrons. The molecule has 0 N–H and O–H groups in total. The highest BCUT2D eigenvalue weighted by Crippen LogP contribution is 2.30. The summed E-state index contributed by atoms with van der Waals surface area (Å²) in [5.41, 5.74) is 3.53. The minimum Gasteiger partial charge on any atom is -0.494 e. The van der Waals surface area contributed by atoms with Gasteiger partial charge in [0.05, 0.1) is 7.11 Å². The molecule has 4 rings (SSSR count). The summed E-state index contributed by atoms with van der Waals surface area (Å²) < 4.78 is 9.61. The van der Waals surface area contributed by atoms with Gasteiger partial charge >= 0.3 is 0 Å². The van der Waals surface area contributed by atoms with Crippen LogP contribution < -0.4 is 4.74 Å². The number of hydrogen-bond acceptors (Lipinski definition) is 1. The summed E-state index contributed by atoms with van der Waals surface area (Å²) in [5.74, 6) is 0.882. The van der Waals surface area contributed by atoms with Crippen molar-refractivity contribution in [2.24, 2.45) is 0 Å². The standard InChI is InChI=1S/C13H11N3O/c1-17-13-9-5-4-8-12(13)16-14-10-6-2-3-7-11(10)15(14)16/h2-9H,1H3. The van der Waals surface area contributed by atoms with Crippen LogP contribution >= 0.6 is 0 Å². The van der Waals surface area contributed by atoms with Crippen molar-refractivity contribution < 1.29 is 4.74 Å². The molecular formula is C13H11N3O. The van der Waals surface area contributed by atoms with E-state index in [1.165, 1.54) is 11.0 Å². The van der Waals surface area contributed by atoms with Gasteiger partial charge < -0.3 is 4.74 Å². The predicted molar refractivity (Wildman–Crippen MR) is 65.4 cm³/mol. The molecule has 0 aliphatic rings. The maximum Gasteiger partial charge on any atom is 0.146 e. The zero-order valence-corrected chi connectivity index (χ0v) is 9.37. The third-order valence-corrected chi connectivity index (χ3v) is 3.12. The summed E-state index contributed by atoms with van der Waals surface area (Å²) in [5, 5.41) is 0. The Labute approximate surface area is 97.5 Å². The number of nitrogens with zero attached hydrogens (tertiary/aromatic N) is 3. The monoisotopic (exact) mass is 225 g/mol. The Kier molecular flexibility index (Phi) is 1.47. The fourth-order valence-electron chi connectivity index (χ4n) is 2.29. The molecule has 0 unspecified atom stereocenters. The van der Waals surface area contributed by atoms with Gasteiger partial charge in [0.2, 0.25) is 0 Å². The second kappa shape index (κ2) is 2.85. The number of ether oxygens (including phenoxy) is 1. The van der Waals surface area contributed by atoms with Gasteiger partial charge in [-0.3, -0.25) is 0 Å². The van der Waals surface area contributed by atoms with Crippen molar-refractivity contribution in [3.63, 3.8) is 0 Å². The average molecular weight is 225 g/mol. The molecule has 0 aliphatic heterocycles. The van der Waals surface area contributed by atoms with Crippen LogP contribution in [0.5, 0.6) is 5.75 Å². The summed E-state index contributed by atoms with van der Waals surface area (Å²) in [6.45, 7) is 0. The number of hydrogen-bond donors (Lipinski definition) is 0. The van der Waals surface area contributed by atoms with Crippen molar-refractivity contribution in [2.75, 3.05) is 7.11 Å². The average Bonchev–Trinajstić information content (AvgIpc) is 3.05. The summed E-state index contributed by atoms with van der Waals surface area (Å²) in [6.07, 6.45) is 0. The van der Waals surface area contributed by atoms with E-state index in [1.807, 2.05) is 18.2 Å². The predicted octanol–water partition coefficient (Wildman–Crippen LogP) is 2.43. The molecule has 0 radical (unpaired) electrons. The molecule has 2 aromatic heterocycles. The van der Waals surface area contributed by atoms with Gasteiger partial charge in [0.1, 0.15) is 22.5 Å². The van der Waals surface area contributed by atoms with E-state index in [2.05, 4.69) is 44.4 Å². The number of rotatable bonds is 2. The molecule has 0 spiro atoms. The van der Waals surface area contributed by atoms with Crippen molar-refractivity contribution in [3.8, 4) is 11.4 Å². The maximum atomic E-state index is 5.37. The molecule has 0 saturated heterocycles. The van der Waals surface area contributed by atoms with Crippen LogP contribution in [0.25, 0.3) is 16.7 Å². The fraction of sp³-hybridized carbons (Fsp3) is 0.0769. The second-order valence-corrected chi connectivity index (χ2v) is 4.03. The Hall–Kier alpha value is -2.36. The number of fused-ring (bicyclic) bond motifs is 4. The third kappa shape index (κ3) is 0.970. The highest BCUT2D eigenvalue weighted by Gasteiger charge is 2.24. The van der Waals surface area contributed by atoms with Crippen LogP contribution in [0.1, 0.15) is 0 Å². The first-order valence-electron chi connectivity index (χ1n) is 5.54. The largest absolute Gasteiger partial charge is 0.494 e.